The summed E-state index contributed by atoms with van der Waals surface area (Å²) in [6.07, 6.45) is 0.929. The van der Waals surface area contributed by atoms with Gasteiger partial charge in [0, 0.05) is 22.3 Å². The first-order valence-corrected chi connectivity index (χ1v) is 9.62. The zero-order chi connectivity index (χ0) is 21.0. The van der Waals surface area contributed by atoms with E-state index in [1.54, 1.807) is 26.0 Å². The SMILES string of the molecule is CCc1cc(Oc2cc(C)c3c(c2CC)C(=O)CC3=O)c(C)c2c1C(=O)OC2=O. The van der Waals surface area contributed by atoms with Crippen LogP contribution in [-0.2, 0) is 17.6 Å². The Morgan fingerprint density at radius 2 is 1.48 bits per heavy atom. The van der Waals surface area contributed by atoms with Gasteiger partial charge in [-0.05, 0) is 49.9 Å². The molecule has 29 heavy (non-hydrogen) atoms. The van der Waals surface area contributed by atoms with Gasteiger partial charge in [0.25, 0.3) is 0 Å². The molecule has 1 aliphatic carbocycles. The quantitative estimate of drug-likeness (QED) is 0.569. The number of ether oxygens (including phenoxy) is 2. The highest BCUT2D eigenvalue weighted by Crippen LogP contribution is 2.40. The van der Waals surface area contributed by atoms with Crippen LogP contribution in [0.3, 0.4) is 0 Å². The summed E-state index contributed by atoms with van der Waals surface area (Å²) in [6.45, 7) is 7.27. The highest BCUT2D eigenvalue weighted by molar-refractivity contribution is 6.25. The second-order valence-corrected chi connectivity index (χ2v) is 7.34. The molecule has 1 aliphatic heterocycles. The minimum Gasteiger partial charge on any atom is -0.457 e. The van der Waals surface area contributed by atoms with Crippen molar-refractivity contribution >= 4 is 23.5 Å². The molecule has 4 rings (SSSR count). The first-order chi connectivity index (χ1) is 13.8. The Kier molecular flexibility index (Phi) is 4.37. The highest BCUT2D eigenvalue weighted by Gasteiger charge is 2.36. The number of cyclic esters (lactones) is 2. The van der Waals surface area contributed by atoms with Crippen molar-refractivity contribution in [1.82, 2.24) is 0 Å². The Balaban J connectivity index is 1.90. The third-order valence-electron chi connectivity index (χ3n) is 5.64. The third kappa shape index (κ3) is 2.70. The van der Waals surface area contributed by atoms with E-state index in [9.17, 15) is 19.2 Å². The normalized spacial score (nSPS) is 14.9. The minimum atomic E-state index is -0.677. The molecule has 0 unspecified atom stereocenters. The lowest BCUT2D eigenvalue weighted by Crippen LogP contribution is -2.06. The molecule has 2 aromatic carbocycles. The number of hydrogen-bond donors (Lipinski definition) is 0. The Labute approximate surface area is 167 Å². The number of carbonyl (C=O) groups excluding carboxylic acids is 4. The molecule has 0 saturated carbocycles. The minimum absolute atomic E-state index is 0.113. The van der Waals surface area contributed by atoms with Gasteiger partial charge in [-0.3, -0.25) is 9.59 Å². The summed E-state index contributed by atoms with van der Waals surface area (Å²) in [4.78, 5) is 48.9. The second-order valence-electron chi connectivity index (χ2n) is 7.34. The smallest absolute Gasteiger partial charge is 0.347 e. The van der Waals surface area contributed by atoms with Gasteiger partial charge in [0.1, 0.15) is 11.5 Å². The van der Waals surface area contributed by atoms with Crippen molar-refractivity contribution in [3.05, 3.63) is 56.6 Å². The second kappa shape index (κ2) is 6.65. The molecule has 2 aromatic rings. The summed E-state index contributed by atoms with van der Waals surface area (Å²) in [5.41, 5.74) is 3.99. The number of aryl methyl sites for hydroxylation is 2. The lowest BCUT2D eigenvalue weighted by Gasteiger charge is -2.18. The fourth-order valence-corrected chi connectivity index (χ4v) is 4.25. The number of carbonyl (C=O) groups is 4. The maximum atomic E-state index is 12.4. The zero-order valence-corrected chi connectivity index (χ0v) is 16.7. The van der Waals surface area contributed by atoms with Crippen molar-refractivity contribution in [2.45, 2.75) is 47.0 Å². The molecular weight excluding hydrogens is 372 g/mol. The van der Waals surface area contributed by atoms with Crippen LogP contribution in [0.2, 0.25) is 0 Å². The summed E-state index contributed by atoms with van der Waals surface area (Å²) >= 11 is 0. The van der Waals surface area contributed by atoms with Crippen LogP contribution in [0, 0.1) is 13.8 Å². The van der Waals surface area contributed by atoms with E-state index in [0.717, 1.165) is 0 Å². The molecular formula is C23H20O6. The number of esters is 2. The fraction of sp³-hybridized carbons (Fsp3) is 0.304. The van der Waals surface area contributed by atoms with E-state index in [4.69, 9.17) is 9.47 Å². The Morgan fingerprint density at radius 1 is 0.828 bits per heavy atom. The topological polar surface area (TPSA) is 86.7 Å². The maximum absolute atomic E-state index is 12.4. The molecule has 6 heteroatoms. The van der Waals surface area contributed by atoms with Crippen LogP contribution < -0.4 is 4.74 Å². The first kappa shape index (κ1) is 19.1. The van der Waals surface area contributed by atoms with Gasteiger partial charge >= 0.3 is 11.9 Å². The summed E-state index contributed by atoms with van der Waals surface area (Å²) in [5.74, 6) is -0.753. The summed E-state index contributed by atoms with van der Waals surface area (Å²) < 4.78 is 11.0. The lowest BCUT2D eigenvalue weighted by atomic mass is 9.94. The molecule has 0 atom stereocenters. The van der Waals surface area contributed by atoms with E-state index in [2.05, 4.69) is 0 Å². The molecule has 0 aromatic heterocycles. The van der Waals surface area contributed by atoms with Gasteiger partial charge in [-0.15, -0.1) is 0 Å². The standard InChI is InChI=1S/C23H20O6/c1-5-12-8-16(11(4)19-20(12)23(27)29-22(19)26)28-17-7-10(3)18-14(24)9-15(25)21(18)13(17)6-2/h7-8H,5-6,9H2,1-4H3. The molecule has 0 N–H and O–H groups in total. The summed E-state index contributed by atoms with van der Waals surface area (Å²) in [6, 6.07) is 3.50. The van der Waals surface area contributed by atoms with E-state index in [1.807, 2.05) is 13.8 Å². The lowest BCUT2D eigenvalue weighted by molar-refractivity contribution is 0.0442. The number of hydrogen-bond acceptors (Lipinski definition) is 6. The van der Waals surface area contributed by atoms with Crippen molar-refractivity contribution in [2.24, 2.45) is 0 Å². The van der Waals surface area contributed by atoms with Gasteiger partial charge in [0.05, 0.1) is 17.5 Å². The van der Waals surface area contributed by atoms with Crippen LogP contribution in [0.1, 0.15) is 84.0 Å². The van der Waals surface area contributed by atoms with Crippen LogP contribution in [0.5, 0.6) is 11.5 Å². The Bertz CT molecular complexity index is 1140. The average molecular weight is 392 g/mol. The largest absolute Gasteiger partial charge is 0.457 e. The summed E-state index contributed by atoms with van der Waals surface area (Å²) in [5, 5.41) is 0. The van der Waals surface area contributed by atoms with Gasteiger partial charge in [-0.2, -0.15) is 0 Å². The van der Waals surface area contributed by atoms with E-state index < -0.39 is 11.9 Å². The molecule has 1 heterocycles. The molecule has 0 radical (unpaired) electrons. The van der Waals surface area contributed by atoms with Crippen LogP contribution in [0.25, 0.3) is 0 Å². The van der Waals surface area contributed by atoms with Crippen molar-refractivity contribution < 1.29 is 28.7 Å². The molecule has 6 nitrogen and oxygen atoms in total. The van der Waals surface area contributed by atoms with Crippen LogP contribution in [0.15, 0.2) is 12.1 Å². The number of ketones is 2. The maximum Gasteiger partial charge on any atom is 0.347 e. The van der Waals surface area contributed by atoms with E-state index in [0.29, 0.717) is 63.3 Å². The van der Waals surface area contributed by atoms with Crippen LogP contribution in [-0.4, -0.2) is 23.5 Å². The fourth-order valence-electron chi connectivity index (χ4n) is 4.25. The van der Waals surface area contributed by atoms with Crippen molar-refractivity contribution in [1.29, 1.82) is 0 Å². The molecule has 0 amide bonds. The van der Waals surface area contributed by atoms with Gasteiger partial charge in [0.15, 0.2) is 11.6 Å². The predicted molar refractivity (Wildman–Crippen MR) is 104 cm³/mol. The number of rotatable bonds is 4. The first-order valence-electron chi connectivity index (χ1n) is 9.62. The molecule has 0 bridgehead atoms. The molecule has 2 aliphatic rings. The van der Waals surface area contributed by atoms with Gasteiger partial charge in [-0.25, -0.2) is 9.59 Å². The van der Waals surface area contributed by atoms with Crippen LogP contribution in [0.4, 0.5) is 0 Å². The van der Waals surface area contributed by atoms with E-state index in [1.165, 1.54) is 0 Å². The number of benzene rings is 2. The molecule has 148 valence electrons. The van der Waals surface area contributed by atoms with Gasteiger partial charge < -0.3 is 9.47 Å². The van der Waals surface area contributed by atoms with Crippen molar-refractivity contribution in [2.75, 3.05) is 0 Å². The van der Waals surface area contributed by atoms with Gasteiger partial charge in [-0.1, -0.05) is 13.8 Å². The zero-order valence-electron chi connectivity index (χ0n) is 16.7. The van der Waals surface area contributed by atoms with Crippen molar-refractivity contribution in [3.63, 3.8) is 0 Å². The average Bonchev–Trinajstić information content (AvgIpc) is 3.14. The predicted octanol–water partition coefficient (Wildman–Crippen LogP) is 4.30. The molecule has 0 saturated heterocycles. The highest BCUT2D eigenvalue weighted by atomic mass is 16.6. The molecule has 0 fully saturated rings. The van der Waals surface area contributed by atoms with Crippen molar-refractivity contribution in [3.8, 4) is 11.5 Å². The Morgan fingerprint density at radius 3 is 2.14 bits per heavy atom. The molecule has 0 spiro atoms. The van der Waals surface area contributed by atoms with Crippen LogP contribution >= 0.6 is 0 Å². The van der Waals surface area contributed by atoms with Gasteiger partial charge in [0.2, 0.25) is 0 Å². The summed E-state index contributed by atoms with van der Waals surface area (Å²) in [7, 11) is 0. The van der Waals surface area contributed by atoms with E-state index in [-0.39, 0.29) is 23.6 Å². The number of Topliss-reactive ketones (excluding diaryl/α,β-unsaturated/α-hetero) is 2. The Hall–Kier alpha value is -3.28. The van der Waals surface area contributed by atoms with E-state index >= 15 is 0 Å². The third-order valence-corrected chi connectivity index (χ3v) is 5.64. The number of fused-ring (bicyclic) bond motifs is 2. The monoisotopic (exact) mass is 392 g/mol.